The molecule has 1 N–H and O–H groups in total. The first-order chi connectivity index (χ1) is 12.6. The Balaban J connectivity index is 1.51. The first-order valence-electron chi connectivity index (χ1n) is 8.95. The number of aromatic nitrogens is 2. The van der Waals surface area contributed by atoms with Gasteiger partial charge in [0.05, 0.1) is 12.1 Å². The third-order valence-electron chi connectivity index (χ3n) is 5.14. The van der Waals surface area contributed by atoms with Crippen molar-refractivity contribution in [2.45, 2.75) is 12.5 Å². The first-order valence-corrected chi connectivity index (χ1v) is 8.95. The zero-order valence-electron chi connectivity index (χ0n) is 15.1. The summed E-state index contributed by atoms with van der Waals surface area (Å²) >= 11 is 0. The smallest absolute Gasteiger partial charge is 0.224 e. The second-order valence-corrected chi connectivity index (χ2v) is 6.95. The Hall–Kier alpha value is -2.54. The number of hydrogen-bond acceptors (Lipinski definition) is 5. The molecule has 4 rings (SSSR count). The van der Waals surface area contributed by atoms with Crippen LogP contribution in [0.5, 0.6) is 11.5 Å². The molecular weight excluding hydrogens is 332 g/mol. The van der Waals surface area contributed by atoms with Crippen LogP contribution in [0.1, 0.15) is 17.0 Å². The molecule has 1 saturated heterocycles. The maximum atomic E-state index is 12.4. The van der Waals surface area contributed by atoms with Gasteiger partial charge in [-0.1, -0.05) is 6.07 Å². The van der Waals surface area contributed by atoms with Crippen molar-refractivity contribution in [3.8, 4) is 11.5 Å². The summed E-state index contributed by atoms with van der Waals surface area (Å²) < 4.78 is 13.1. The predicted molar refractivity (Wildman–Crippen MR) is 96.2 cm³/mol. The summed E-state index contributed by atoms with van der Waals surface area (Å²) in [7, 11) is 3.60. The van der Waals surface area contributed by atoms with Gasteiger partial charge in [-0.05, 0) is 23.3 Å². The van der Waals surface area contributed by atoms with Crippen molar-refractivity contribution in [3.05, 3.63) is 41.7 Å². The molecule has 2 aliphatic heterocycles. The van der Waals surface area contributed by atoms with E-state index in [4.69, 9.17) is 9.47 Å². The minimum Gasteiger partial charge on any atom is -0.486 e. The molecule has 1 amide bonds. The van der Waals surface area contributed by atoms with E-state index in [1.165, 1.54) is 0 Å². The molecule has 0 saturated carbocycles. The lowest BCUT2D eigenvalue weighted by Crippen LogP contribution is -2.32. The highest BCUT2D eigenvalue weighted by Crippen LogP contribution is 2.35. The monoisotopic (exact) mass is 356 g/mol. The van der Waals surface area contributed by atoms with Gasteiger partial charge in [0.2, 0.25) is 5.91 Å². The van der Waals surface area contributed by atoms with Crippen LogP contribution in [0.4, 0.5) is 0 Å². The van der Waals surface area contributed by atoms with Gasteiger partial charge in [-0.3, -0.25) is 14.4 Å². The molecular formula is C19H24N4O3. The Bertz CT molecular complexity index is 804. The summed E-state index contributed by atoms with van der Waals surface area (Å²) in [5, 5.41) is 7.08. The van der Waals surface area contributed by atoms with Crippen LogP contribution >= 0.6 is 0 Å². The Morgan fingerprint density at radius 1 is 1.27 bits per heavy atom. The second kappa shape index (κ2) is 6.99. The highest BCUT2D eigenvalue weighted by atomic mass is 16.6. The SMILES string of the molecule is CNC(=O)[C@H]1CN(Cc2ccc3c(c2)OCCO3)C[C@@H]1c1cnn(C)c1. The quantitative estimate of drug-likeness (QED) is 0.890. The standard InChI is InChI=1S/C19H24N4O3/c1-20-19(24)16-12-23(11-15(16)14-8-21-22(2)10-14)9-13-3-4-17-18(7-13)26-6-5-25-17/h3-4,7-8,10,15-16H,5-6,9,11-12H2,1-2H3,(H,20,24)/t15-,16+/m1/s1. The molecule has 0 bridgehead atoms. The fraction of sp³-hybridized carbons (Fsp3) is 0.474. The lowest BCUT2D eigenvalue weighted by Gasteiger charge is -2.21. The summed E-state index contributed by atoms with van der Waals surface area (Å²) in [5.41, 5.74) is 2.28. The molecule has 0 aliphatic carbocycles. The summed E-state index contributed by atoms with van der Waals surface area (Å²) in [6.45, 7) is 3.52. The number of carbonyl (C=O) groups excluding carboxylic acids is 1. The normalized spacial score (nSPS) is 22.4. The van der Waals surface area contributed by atoms with Crippen LogP contribution in [0.25, 0.3) is 0 Å². The van der Waals surface area contributed by atoms with Crippen molar-refractivity contribution >= 4 is 5.91 Å². The molecule has 3 heterocycles. The van der Waals surface area contributed by atoms with Crippen LogP contribution in [0.3, 0.4) is 0 Å². The fourth-order valence-corrected chi connectivity index (χ4v) is 3.88. The maximum Gasteiger partial charge on any atom is 0.224 e. The summed E-state index contributed by atoms with van der Waals surface area (Å²) in [6.07, 6.45) is 3.88. The number of nitrogens with zero attached hydrogens (tertiary/aromatic N) is 3. The van der Waals surface area contributed by atoms with Crippen LogP contribution < -0.4 is 14.8 Å². The molecule has 2 aromatic rings. The molecule has 2 aliphatic rings. The Morgan fingerprint density at radius 2 is 2.08 bits per heavy atom. The number of rotatable bonds is 4. The maximum absolute atomic E-state index is 12.4. The van der Waals surface area contributed by atoms with Crippen LogP contribution in [-0.2, 0) is 18.4 Å². The number of ether oxygens (including phenoxy) is 2. The van der Waals surface area contributed by atoms with Gasteiger partial charge in [-0.25, -0.2) is 0 Å². The molecule has 1 aromatic carbocycles. The Labute approximate surface area is 152 Å². The fourth-order valence-electron chi connectivity index (χ4n) is 3.88. The molecule has 1 aromatic heterocycles. The number of fused-ring (bicyclic) bond motifs is 1. The lowest BCUT2D eigenvalue weighted by atomic mass is 9.90. The minimum absolute atomic E-state index is 0.0681. The Kier molecular flexibility index (Phi) is 4.55. The molecule has 0 unspecified atom stereocenters. The molecule has 0 spiro atoms. The van der Waals surface area contributed by atoms with E-state index in [-0.39, 0.29) is 17.7 Å². The molecule has 1 fully saturated rings. The van der Waals surface area contributed by atoms with Gasteiger partial charge in [0.25, 0.3) is 0 Å². The number of carbonyl (C=O) groups is 1. The summed E-state index contributed by atoms with van der Waals surface area (Å²) in [6, 6.07) is 6.08. The van der Waals surface area contributed by atoms with Crippen LogP contribution in [0.2, 0.25) is 0 Å². The average Bonchev–Trinajstić information content (AvgIpc) is 3.27. The van der Waals surface area contributed by atoms with Crippen molar-refractivity contribution < 1.29 is 14.3 Å². The molecule has 0 radical (unpaired) electrons. The van der Waals surface area contributed by atoms with Gasteiger partial charge in [-0.2, -0.15) is 5.10 Å². The number of nitrogens with one attached hydrogen (secondary N) is 1. The number of aryl methyl sites for hydroxylation is 1. The second-order valence-electron chi connectivity index (χ2n) is 6.95. The molecule has 138 valence electrons. The number of amides is 1. The van der Waals surface area contributed by atoms with Crippen molar-refractivity contribution in [3.63, 3.8) is 0 Å². The van der Waals surface area contributed by atoms with Crippen molar-refractivity contribution in [2.75, 3.05) is 33.4 Å². The van der Waals surface area contributed by atoms with Gasteiger partial charge in [0, 0.05) is 45.8 Å². The van der Waals surface area contributed by atoms with Gasteiger partial charge in [0.1, 0.15) is 13.2 Å². The van der Waals surface area contributed by atoms with Gasteiger partial charge in [-0.15, -0.1) is 0 Å². The van der Waals surface area contributed by atoms with E-state index in [1.807, 2.05) is 31.6 Å². The highest BCUT2D eigenvalue weighted by Gasteiger charge is 2.38. The third-order valence-corrected chi connectivity index (χ3v) is 5.14. The van der Waals surface area contributed by atoms with E-state index in [0.717, 1.165) is 42.3 Å². The third kappa shape index (κ3) is 3.26. The number of hydrogen-bond donors (Lipinski definition) is 1. The first kappa shape index (κ1) is 16.9. The largest absolute Gasteiger partial charge is 0.486 e. The van der Waals surface area contributed by atoms with Crippen LogP contribution in [0, 0.1) is 5.92 Å². The van der Waals surface area contributed by atoms with Crippen molar-refractivity contribution in [1.29, 1.82) is 0 Å². The van der Waals surface area contributed by atoms with Crippen LogP contribution in [0.15, 0.2) is 30.6 Å². The number of likely N-dealkylation sites (tertiary alicyclic amines) is 1. The predicted octanol–water partition coefficient (Wildman–Crippen LogP) is 1.15. The van der Waals surface area contributed by atoms with Gasteiger partial charge >= 0.3 is 0 Å². The topological polar surface area (TPSA) is 68.6 Å². The highest BCUT2D eigenvalue weighted by molar-refractivity contribution is 5.80. The van der Waals surface area contributed by atoms with E-state index in [1.54, 1.807) is 11.7 Å². The lowest BCUT2D eigenvalue weighted by molar-refractivity contribution is -0.124. The molecule has 7 heteroatoms. The average molecular weight is 356 g/mol. The van der Waals surface area contributed by atoms with Gasteiger partial charge in [0.15, 0.2) is 11.5 Å². The van der Waals surface area contributed by atoms with E-state index in [0.29, 0.717) is 13.2 Å². The zero-order valence-corrected chi connectivity index (χ0v) is 15.1. The molecule has 2 atom stereocenters. The van der Waals surface area contributed by atoms with E-state index in [9.17, 15) is 4.79 Å². The van der Waals surface area contributed by atoms with Crippen molar-refractivity contribution in [2.24, 2.45) is 13.0 Å². The van der Waals surface area contributed by atoms with E-state index < -0.39 is 0 Å². The zero-order chi connectivity index (χ0) is 18.1. The summed E-state index contributed by atoms with van der Waals surface area (Å²) in [4.78, 5) is 14.7. The van der Waals surface area contributed by atoms with Crippen molar-refractivity contribution in [1.82, 2.24) is 20.0 Å². The minimum atomic E-state index is -0.0681. The van der Waals surface area contributed by atoms with E-state index >= 15 is 0 Å². The molecule has 26 heavy (non-hydrogen) atoms. The van der Waals surface area contributed by atoms with Crippen LogP contribution in [-0.4, -0.2) is 53.9 Å². The number of benzene rings is 1. The Morgan fingerprint density at radius 3 is 2.81 bits per heavy atom. The summed E-state index contributed by atoms with van der Waals surface area (Å²) in [5.74, 6) is 1.78. The van der Waals surface area contributed by atoms with Gasteiger partial charge < -0.3 is 14.8 Å². The van der Waals surface area contributed by atoms with E-state index in [2.05, 4.69) is 21.4 Å². The molecule has 7 nitrogen and oxygen atoms in total.